The number of ketones is 1. The molecule has 0 aliphatic carbocycles. The molecule has 2 rings (SSSR count). The standard InChI is InChI=1S/C18H20O3/c1-18(2,20)17(19)15-11-9-14(10-12-15)16(21-3)13-7-5-4-6-8-13/h4-12,16,20H,1-3H3. The van der Waals surface area contributed by atoms with Gasteiger partial charge in [-0.05, 0) is 25.0 Å². The van der Waals surface area contributed by atoms with E-state index in [4.69, 9.17) is 4.74 Å². The van der Waals surface area contributed by atoms with Crippen LogP contribution >= 0.6 is 0 Å². The summed E-state index contributed by atoms with van der Waals surface area (Å²) in [6, 6.07) is 17.1. The van der Waals surface area contributed by atoms with Crippen LogP contribution in [-0.2, 0) is 4.74 Å². The van der Waals surface area contributed by atoms with Crippen molar-refractivity contribution in [1.82, 2.24) is 0 Å². The summed E-state index contributed by atoms with van der Waals surface area (Å²) >= 11 is 0. The van der Waals surface area contributed by atoms with Crippen molar-refractivity contribution in [3.05, 3.63) is 71.3 Å². The minimum Gasteiger partial charge on any atom is -0.382 e. The highest BCUT2D eigenvalue weighted by Gasteiger charge is 2.25. The molecule has 2 aromatic carbocycles. The van der Waals surface area contributed by atoms with E-state index in [1.807, 2.05) is 42.5 Å². The van der Waals surface area contributed by atoms with Crippen LogP contribution in [0.4, 0.5) is 0 Å². The molecule has 3 heteroatoms. The van der Waals surface area contributed by atoms with Gasteiger partial charge in [-0.1, -0.05) is 54.6 Å². The Morgan fingerprint density at radius 3 is 2.00 bits per heavy atom. The second-order valence-electron chi connectivity index (χ2n) is 5.54. The quantitative estimate of drug-likeness (QED) is 0.856. The van der Waals surface area contributed by atoms with Crippen LogP contribution in [0.5, 0.6) is 0 Å². The molecule has 21 heavy (non-hydrogen) atoms. The van der Waals surface area contributed by atoms with Gasteiger partial charge in [-0.25, -0.2) is 0 Å². The summed E-state index contributed by atoms with van der Waals surface area (Å²) in [5, 5.41) is 9.77. The number of Topliss-reactive ketones (excluding diaryl/α,β-unsaturated/α-hetero) is 1. The first-order valence-corrected chi connectivity index (χ1v) is 6.88. The average molecular weight is 284 g/mol. The van der Waals surface area contributed by atoms with Crippen molar-refractivity contribution < 1.29 is 14.6 Å². The smallest absolute Gasteiger partial charge is 0.193 e. The number of benzene rings is 2. The summed E-state index contributed by atoms with van der Waals surface area (Å²) < 4.78 is 5.56. The molecule has 1 atom stereocenters. The summed E-state index contributed by atoms with van der Waals surface area (Å²) in [5.74, 6) is -0.289. The highest BCUT2D eigenvalue weighted by molar-refractivity contribution is 6.01. The summed E-state index contributed by atoms with van der Waals surface area (Å²) in [7, 11) is 1.66. The predicted octanol–water partition coefficient (Wildman–Crippen LogP) is 3.38. The van der Waals surface area contributed by atoms with Gasteiger partial charge in [-0.2, -0.15) is 0 Å². The predicted molar refractivity (Wildman–Crippen MR) is 82.4 cm³/mol. The van der Waals surface area contributed by atoms with Crippen LogP contribution in [-0.4, -0.2) is 23.6 Å². The Kier molecular flexibility index (Phi) is 4.56. The number of hydrogen-bond acceptors (Lipinski definition) is 3. The van der Waals surface area contributed by atoms with E-state index in [0.717, 1.165) is 11.1 Å². The SMILES string of the molecule is COC(c1ccccc1)c1ccc(C(=O)C(C)(C)O)cc1. The second kappa shape index (κ2) is 6.20. The van der Waals surface area contributed by atoms with Crippen LogP contribution in [0, 0.1) is 0 Å². The first kappa shape index (κ1) is 15.4. The van der Waals surface area contributed by atoms with Crippen LogP contribution in [0.1, 0.15) is 41.4 Å². The Bertz CT molecular complexity index is 595. The van der Waals surface area contributed by atoms with E-state index in [1.54, 1.807) is 19.2 Å². The first-order valence-electron chi connectivity index (χ1n) is 6.88. The maximum absolute atomic E-state index is 12.0. The van der Waals surface area contributed by atoms with Crippen LogP contribution in [0.15, 0.2) is 54.6 Å². The van der Waals surface area contributed by atoms with Gasteiger partial charge in [0.15, 0.2) is 5.78 Å². The molecule has 3 nitrogen and oxygen atoms in total. The van der Waals surface area contributed by atoms with Crippen molar-refractivity contribution in [3.8, 4) is 0 Å². The van der Waals surface area contributed by atoms with Gasteiger partial charge in [0.25, 0.3) is 0 Å². The van der Waals surface area contributed by atoms with E-state index >= 15 is 0 Å². The number of ether oxygens (including phenoxy) is 1. The van der Waals surface area contributed by atoms with E-state index < -0.39 is 5.60 Å². The van der Waals surface area contributed by atoms with Crippen molar-refractivity contribution in [1.29, 1.82) is 0 Å². The van der Waals surface area contributed by atoms with Gasteiger partial charge in [0.05, 0.1) is 0 Å². The third-order valence-corrected chi connectivity index (χ3v) is 3.37. The van der Waals surface area contributed by atoms with Crippen LogP contribution in [0.3, 0.4) is 0 Å². The Hall–Kier alpha value is -1.97. The molecule has 1 N–H and O–H groups in total. The van der Waals surface area contributed by atoms with Gasteiger partial charge in [0, 0.05) is 12.7 Å². The zero-order chi connectivity index (χ0) is 15.5. The molecular weight excluding hydrogens is 264 g/mol. The summed E-state index contributed by atoms with van der Waals surface area (Å²) in [5.41, 5.74) is 1.16. The molecule has 0 aromatic heterocycles. The molecule has 0 saturated heterocycles. The largest absolute Gasteiger partial charge is 0.382 e. The Labute approximate surface area is 125 Å². The highest BCUT2D eigenvalue weighted by atomic mass is 16.5. The van der Waals surface area contributed by atoms with E-state index in [0.29, 0.717) is 5.56 Å². The fourth-order valence-corrected chi connectivity index (χ4v) is 2.25. The van der Waals surface area contributed by atoms with Gasteiger partial charge in [-0.3, -0.25) is 4.79 Å². The van der Waals surface area contributed by atoms with E-state index in [1.165, 1.54) is 13.8 Å². The number of hydrogen-bond donors (Lipinski definition) is 1. The lowest BCUT2D eigenvalue weighted by molar-refractivity contribution is 0.0488. The van der Waals surface area contributed by atoms with Gasteiger partial charge < -0.3 is 9.84 Å². The van der Waals surface area contributed by atoms with Gasteiger partial charge in [0.2, 0.25) is 0 Å². The van der Waals surface area contributed by atoms with Crippen molar-refractivity contribution >= 4 is 5.78 Å². The highest BCUT2D eigenvalue weighted by Crippen LogP contribution is 2.26. The molecule has 2 aromatic rings. The number of carbonyl (C=O) groups is 1. The van der Waals surface area contributed by atoms with Gasteiger partial charge in [0.1, 0.15) is 11.7 Å². The third-order valence-electron chi connectivity index (χ3n) is 3.37. The van der Waals surface area contributed by atoms with E-state index in [2.05, 4.69) is 0 Å². The molecule has 1 unspecified atom stereocenters. The van der Waals surface area contributed by atoms with Gasteiger partial charge >= 0.3 is 0 Å². The molecule has 0 spiro atoms. The first-order chi connectivity index (χ1) is 9.93. The minimum atomic E-state index is -1.36. The molecule has 110 valence electrons. The monoisotopic (exact) mass is 284 g/mol. The van der Waals surface area contributed by atoms with E-state index in [-0.39, 0.29) is 11.9 Å². The van der Waals surface area contributed by atoms with Crippen LogP contribution in [0.2, 0.25) is 0 Å². The number of aliphatic hydroxyl groups is 1. The second-order valence-corrected chi connectivity index (χ2v) is 5.54. The molecule has 0 aliphatic heterocycles. The number of methoxy groups -OCH3 is 1. The molecule has 0 heterocycles. The fraction of sp³-hybridized carbons (Fsp3) is 0.278. The molecule has 0 radical (unpaired) electrons. The summed E-state index contributed by atoms with van der Waals surface area (Å²) in [6.07, 6.45) is -0.169. The molecule has 0 bridgehead atoms. The van der Waals surface area contributed by atoms with Crippen molar-refractivity contribution in [2.75, 3.05) is 7.11 Å². The lowest BCUT2D eigenvalue weighted by Gasteiger charge is -2.18. The summed E-state index contributed by atoms with van der Waals surface area (Å²) in [6.45, 7) is 2.98. The molecule has 0 amide bonds. The van der Waals surface area contributed by atoms with Crippen molar-refractivity contribution in [3.63, 3.8) is 0 Å². The van der Waals surface area contributed by atoms with Crippen LogP contribution in [0.25, 0.3) is 0 Å². The zero-order valence-corrected chi connectivity index (χ0v) is 12.5. The van der Waals surface area contributed by atoms with Crippen LogP contribution < -0.4 is 0 Å². The normalized spacial score (nSPS) is 13.0. The van der Waals surface area contributed by atoms with Crippen molar-refractivity contribution in [2.24, 2.45) is 0 Å². The minimum absolute atomic E-state index is 0.169. The lowest BCUT2D eigenvalue weighted by Crippen LogP contribution is -2.31. The Morgan fingerprint density at radius 2 is 1.52 bits per heavy atom. The fourth-order valence-electron chi connectivity index (χ4n) is 2.25. The summed E-state index contributed by atoms with van der Waals surface area (Å²) in [4.78, 5) is 12.0. The maximum Gasteiger partial charge on any atom is 0.193 e. The van der Waals surface area contributed by atoms with E-state index in [9.17, 15) is 9.90 Å². The molecule has 0 aliphatic rings. The Morgan fingerprint density at radius 1 is 1.00 bits per heavy atom. The van der Waals surface area contributed by atoms with Gasteiger partial charge in [-0.15, -0.1) is 0 Å². The average Bonchev–Trinajstić information content (AvgIpc) is 2.48. The molecular formula is C18H20O3. The van der Waals surface area contributed by atoms with Crippen molar-refractivity contribution in [2.45, 2.75) is 25.6 Å². The number of rotatable bonds is 5. The maximum atomic E-state index is 12.0. The third kappa shape index (κ3) is 3.57. The molecule has 0 saturated carbocycles. The molecule has 0 fully saturated rings. The topological polar surface area (TPSA) is 46.5 Å². The lowest BCUT2D eigenvalue weighted by atomic mass is 9.94. The number of carbonyl (C=O) groups excluding carboxylic acids is 1. The zero-order valence-electron chi connectivity index (χ0n) is 12.5. The Balaban J connectivity index is 2.28.